The summed E-state index contributed by atoms with van der Waals surface area (Å²) in [5, 5.41) is 3.93. The molecular weight excluding hydrogens is 397 g/mol. The number of halogens is 1. The van der Waals surface area contributed by atoms with E-state index in [0.29, 0.717) is 31.0 Å². The van der Waals surface area contributed by atoms with Gasteiger partial charge in [-0.3, -0.25) is 14.7 Å². The van der Waals surface area contributed by atoms with Crippen molar-refractivity contribution in [1.82, 2.24) is 15.2 Å². The Morgan fingerprint density at radius 3 is 2.65 bits per heavy atom. The van der Waals surface area contributed by atoms with E-state index in [2.05, 4.69) is 15.2 Å². The monoisotopic (exact) mass is 423 g/mol. The molecule has 6 nitrogen and oxygen atoms in total. The Morgan fingerprint density at radius 2 is 1.94 bits per heavy atom. The third-order valence-electron chi connectivity index (χ3n) is 5.66. The topological polar surface area (TPSA) is 63.7 Å². The zero-order valence-electron chi connectivity index (χ0n) is 17.7. The van der Waals surface area contributed by atoms with Crippen LogP contribution in [0.1, 0.15) is 27.7 Å². The number of benzene rings is 2. The van der Waals surface area contributed by atoms with Crippen molar-refractivity contribution in [3.8, 4) is 5.75 Å². The maximum atomic E-state index is 13.4. The molecule has 0 bridgehead atoms. The molecule has 4 rings (SSSR count). The number of methoxy groups -OCH3 is 1. The van der Waals surface area contributed by atoms with E-state index in [1.165, 1.54) is 12.1 Å². The Hall–Kier alpha value is -3.03. The number of ether oxygens (including phenoxy) is 2. The van der Waals surface area contributed by atoms with Crippen LogP contribution < -0.4 is 10.1 Å². The smallest absolute Gasteiger partial charge is 0.253 e. The minimum atomic E-state index is -0.275. The van der Waals surface area contributed by atoms with Gasteiger partial charge in [-0.1, -0.05) is 12.1 Å². The zero-order chi connectivity index (χ0) is 21.8. The van der Waals surface area contributed by atoms with Crippen molar-refractivity contribution in [3.63, 3.8) is 0 Å². The van der Waals surface area contributed by atoms with E-state index in [4.69, 9.17) is 9.47 Å². The quantitative estimate of drug-likeness (QED) is 0.658. The van der Waals surface area contributed by atoms with E-state index in [0.717, 1.165) is 35.3 Å². The lowest BCUT2D eigenvalue weighted by Gasteiger charge is -2.35. The van der Waals surface area contributed by atoms with Crippen molar-refractivity contribution in [2.24, 2.45) is 0 Å². The molecule has 3 aromatic rings. The Labute approximate surface area is 181 Å². The summed E-state index contributed by atoms with van der Waals surface area (Å²) in [5.74, 6) is 0.273. The number of aryl methyl sites for hydroxylation is 1. The highest BCUT2D eigenvalue weighted by atomic mass is 19.1. The molecule has 1 aromatic heterocycles. The van der Waals surface area contributed by atoms with E-state index in [1.807, 2.05) is 31.2 Å². The molecule has 2 aromatic carbocycles. The number of nitrogens with zero attached hydrogens (tertiary/aromatic N) is 2. The largest absolute Gasteiger partial charge is 0.497 e. The van der Waals surface area contributed by atoms with Gasteiger partial charge in [0.1, 0.15) is 11.6 Å². The van der Waals surface area contributed by atoms with Crippen molar-refractivity contribution < 1.29 is 18.7 Å². The van der Waals surface area contributed by atoms with Gasteiger partial charge in [-0.05, 0) is 42.8 Å². The van der Waals surface area contributed by atoms with E-state index in [-0.39, 0.29) is 17.8 Å². The molecule has 1 unspecified atom stereocenters. The molecule has 0 saturated carbocycles. The highest BCUT2D eigenvalue weighted by molar-refractivity contribution is 5.98. The molecule has 1 amide bonds. The van der Waals surface area contributed by atoms with E-state index in [1.54, 1.807) is 19.2 Å². The van der Waals surface area contributed by atoms with Gasteiger partial charge in [0.2, 0.25) is 0 Å². The Balaban J connectivity index is 1.54. The van der Waals surface area contributed by atoms with Crippen molar-refractivity contribution in [2.75, 3.05) is 40.0 Å². The van der Waals surface area contributed by atoms with Crippen LogP contribution in [0.5, 0.6) is 5.75 Å². The summed E-state index contributed by atoms with van der Waals surface area (Å²) in [6.45, 7) is 5.04. The van der Waals surface area contributed by atoms with Crippen molar-refractivity contribution >= 4 is 16.8 Å². The van der Waals surface area contributed by atoms with E-state index < -0.39 is 0 Å². The molecule has 1 saturated heterocycles. The molecule has 0 radical (unpaired) electrons. The minimum absolute atomic E-state index is 0.0635. The summed E-state index contributed by atoms with van der Waals surface area (Å²) in [5.41, 5.74) is 2.94. The summed E-state index contributed by atoms with van der Waals surface area (Å²) >= 11 is 0. The highest BCUT2D eigenvalue weighted by Gasteiger charge is 2.24. The second-order valence-corrected chi connectivity index (χ2v) is 7.61. The number of nitrogens with one attached hydrogen (secondary N) is 1. The average Bonchev–Trinajstić information content (AvgIpc) is 2.80. The molecule has 162 valence electrons. The number of aromatic nitrogens is 1. The van der Waals surface area contributed by atoms with Gasteiger partial charge in [0.15, 0.2) is 0 Å². The second-order valence-electron chi connectivity index (χ2n) is 7.61. The summed E-state index contributed by atoms with van der Waals surface area (Å²) in [6, 6.07) is 13.9. The molecule has 1 aliphatic rings. The van der Waals surface area contributed by atoms with Gasteiger partial charge in [-0.15, -0.1) is 0 Å². The van der Waals surface area contributed by atoms with Gasteiger partial charge < -0.3 is 14.8 Å². The van der Waals surface area contributed by atoms with Crippen LogP contribution in [0.25, 0.3) is 10.9 Å². The maximum Gasteiger partial charge on any atom is 0.253 e. The molecule has 1 aliphatic heterocycles. The molecule has 2 heterocycles. The number of hydrogen-bond acceptors (Lipinski definition) is 5. The zero-order valence-corrected chi connectivity index (χ0v) is 17.7. The number of hydrogen-bond donors (Lipinski definition) is 1. The van der Waals surface area contributed by atoms with Gasteiger partial charge in [-0.25, -0.2) is 4.39 Å². The summed E-state index contributed by atoms with van der Waals surface area (Å²) < 4.78 is 24.2. The van der Waals surface area contributed by atoms with Gasteiger partial charge in [0, 0.05) is 31.1 Å². The van der Waals surface area contributed by atoms with Crippen LogP contribution in [0, 0.1) is 12.7 Å². The highest BCUT2D eigenvalue weighted by Crippen LogP contribution is 2.24. The number of carbonyl (C=O) groups is 1. The normalized spacial score (nSPS) is 15.6. The van der Waals surface area contributed by atoms with Crippen molar-refractivity contribution in [2.45, 2.75) is 13.0 Å². The van der Waals surface area contributed by atoms with Gasteiger partial charge >= 0.3 is 0 Å². The standard InChI is InChI=1S/C24H26FN3O3/c1-16-21(13-18-5-8-20(30-2)14-22(18)27-16)24(29)26-15-23(28-9-11-31-12-10-28)17-3-6-19(25)7-4-17/h3-8,13-14,23H,9-12,15H2,1-2H3,(H,26,29). The summed E-state index contributed by atoms with van der Waals surface area (Å²) in [7, 11) is 1.61. The average molecular weight is 423 g/mol. The number of fused-ring (bicyclic) bond motifs is 1. The summed E-state index contributed by atoms with van der Waals surface area (Å²) in [6.07, 6.45) is 0. The number of amides is 1. The Morgan fingerprint density at radius 1 is 1.19 bits per heavy atom. The van der Waals surface area contributed by atoms with Crippen molar-refractivity contribution in [1.29, 1.82) is 0 Å². The number of morpholine rings is 1. The first-order valence-corrected chi connectivity index (χ1v) is 10.4. The van der Waals surface area contributed by atoms with E-state index >= 15 is 0 Å². The van der Waals surface area contributed by atoms with Gasteiger partial charge in [0.25, 0.3) is 5.91 Å². The van der Waals surface area contributed by atoms with Crippen LogP contribution in [-0.4, -0.2) is 55.7 Å². The predicted octanol–water partition coefficient (Wildman–Crippen LogP) is 3.49. The number of pyridine rings is 1. The number of rotatable bonds is 6. The lowest BCUT2D eigenvalue weighted by molar-refractivity contribution is 0.0162. The van der Waals surface area contributed by atoms with Crippen LogP contribution in [0.15, 0.2) is 48.5 Å². The predicted molar refractivity (Wildman–Crippen MR) is 117 cm³/mol. The first kappa shape index (κ1) is 21.2. The third-order valence-corrected chi connectivity index (χ3v) is 5.66. The molecule has 1 fully saturated rings. The molecule has 7 heteroatoms. The number of carbonyl (C=O) groups excluding carboxylic acids is 1. The van der Waals surface area contributed by atoms with Crippen LogP contribution >= 0.6 is 0 Å². The Bertz CT molecular complexity index is 1070. The van der Waals surface area contributed by atoms with Crippen LogP contribution in [0.4, 0.5) is 4.39 Å². The van der Waals surface area contributed by atoms with E-state index in [9.17, 15) is 9.18 Å². The van der Waals surface area contributed by atoms with Crippen molar-refractivity contribution in [3.05, 3.63) is 71.2 Å². The lowest BCUT2D eigenvalue weighted by atomic mass is 10.0. The third kappa shape index (κ3) is 4.84. The van der Waals surface area contributed by atoms with Crippen LogP contribution in [0.3, 0.4) is 0 Å². The Kier molecular flexibility index (Phi) is 6.44. The van der Waals surface area contributed by atoms with Crippen LogP contribution in [-0.2, 0) is 4.74 Å². The summed E-state index contributed by atoms with van der Waals surface area (Å²) in [4.78, 5) is 19.9. The van der Waals surface area contributed by atoms with Crippen LogP contribution in [0.2, 0.25) is 0 Å². The van der Waals surface area contributed by atoms with Gasteiger partial charge in [0.05, 0.1) is 43.1 Å². The lowest BCUT2D eigenvalue weighted by Crippen LogP contribution is -2.43. The maximum absolute atomic E-state index is 13.4. The molecule has 31 heavy (non-hydrogen) atoms. The first-order chi connectivity index (χ1) is 15.0. The fraction of sp³-hybridized carbons (Fsp3) is 0.333. The molecular formula is C24H26FN3O3. The molecule has 1 N–H and O–H groups in total. The fourth-order valence-electron chi connectivity index (χ4n) is 3.92. The van der Waals surface area contributed by atoms with Gasteiger partial charge in [-0.2, -0.15) is 0 Å². The second kappa shape index (κ2) is 9.41. The molecule has 1 atom stereocenters. The minimum Gasteiger partial charge on any atom is -0.497 e. The first-order valence-electron chi connectivity index (χ1n) is 10.4. The molecule has 0 spiro atoms. The molecule has 0 aliphatic carbocycles. The SMILES string of the molecule is COc1ccc2cc(C(=O)NCC(c3ccc(F)cc3)N3CCOCC3)c(C)nc2c1. The fourth-order valence-corrected chi connectivity index (χ4v) is 3.92.